The van der Waals surface area contributed by atoms with Crippen molar-refractivity contribution >= 4 is 28.9 Å². The van der Waals surface area contributed by atoms with Gasteiger partial charge >= 0.3 is 6.03 Å². The quantitative estimate of drug-likeness (QED) is 0.763. The highest BCUT2D eigenvalue weighted by Crippen LogP contribution is 2.24. The molecular weight excluding hydrogens is 314 g/mol. The van der Waals surface area contributed by atoms with E-state index >= 15 is 0 Å². The van der Waals surface area contributed by atoms with E-state index in [1.807, 2.05) is 54.6 Å². The fourth-order valence-electron chi connectivity index (χ4n) is 2.83. The second kappa shape index (κ2) is 7.66. The summed E-state index contributed by atoms with van der Waals surface area (Å²) in [6.07, 6.45) is 3.16. The summed E-state index contributed by atoms with van der Waals surface area (Å²) in [5, 5.41) is 8.83. The molecule has 3 rings (SSSR count). The second-order valence-corrected chi connectivity index (χ2v) is 6.30. The van der Waals surface area contributed by atoms with Crippen LogP contribution in [0.25, 0.3) is 0 Å². The highest BCUT2D eigenvalue weighted by molar-refractivity contribution is 5.99. The fourth-order valence-corrected chi connectivity index (χ4v) is 2.83. The zero-order chi connectivity index (χ0) is 17.6. The molecule has 0 fully saturated rings. The van der Waals surface area contributed by atoms with Gasteiger partial charge in [-0.1, -0.05) is 25.1 Å². The first-order chi connectivity index (χ1) is 12.1. The van der Waals surface area contributed by atoms with Crippen LogP contribution in [0.5, 0.6) is 0 Å². The number of amides is 2. The number of rotatable bonds is 4. The molecule has 0 heterocycles. The monoisotopic (exact) mass is 335 g/mol. The average Bonchev–Trinajstić information content (AvgIpc) is 2.56. The molecular formula is C20H21N3O2. The molecule has 5 nitrogen and oxygen atoms in total. The molecule has 1 aliphatic carbocycles. The lowest BCUT2D eigenvalue weighted by molar-refractivity contribution is -0.115. The van der Waals surface area contributed by atoms with Gasteiger partial charge in [-0.3, -0.25) is 4.79 Å². The summed E-state index contributed by atoms with van der Waals surface area (Å²) in [7, 11) is 0. The van der Waals surface area contributed by atoms with Crippen LogP contribution in [0.4, 0.5) is 21.9 Å². The summed E-state index contributed by atoms with van der Waals surface area (Å²) in [6.45, 7) is 2.07. The highest BCUT2D eigenvalue weighted by Gasteiger charge is 2.16. The van der Waals surface area contributed by atoms with Crippen molar-refractivity contribution in [2.24, 2.45) is 5.92 Å². The number of urea groups is 1. The van der Waals surface area contributed by atoms with E-state index in [-0.39, 0.29) is 11.8 Å². The number of para-hydroxylation sites is 1. The molecule has 1 aliphatic rings. The third-order valence-electron chi connectivity index (χ3n) is 3.93. The van der Waals surface area contributed by atoms with Gasteiger partial charge in [-0.15, -0.1) is 0 Å². The van der Waals surface area contributed by atoms with Crippen LogP contribution in [0.15, 0.2) is 66.4 Å². The first-order valence-corrected chi connectivity index (χ1v) is 8.32. The number of carbonyl (C=O) groups is 2. The normalized spacial score (nSPS) is 16.8. The van der Waals surface area contributed by atoms with Crippen LogP contribution in [0.3, 0.4) is 0 Å². The number of carbonyl (C=O) groups excluding carboxylic acids is 2. The Balaban J connectivity index is 1.57. The minimum Gasteiger partial charge on any atom is -0.359 e. The molecule has 128 valence electrons. The Morgan fingerprint density at radius 3 is 2.12 bits per heavy atom. The standard InChI is InChI=1S/C20H21N3O2/c1-14-11-18(13-19(24)12-14)21-16-7-9-17(10-8-16)23-20(25)22-15-5-3-2-4-6-15/h2-10,13-14,21H,11-12H2,1H3,(H2,22,23,25)/t14-/m0/s1. The number of hydrogen-bond donors (Lipinski definition) is 3. The maximum Gasteiger partial charge on any atom is 0.323 e. The number of nitrogens with one attached hydrogen (secondary N) is 3. The molecule has 0 saturated heterocycles. The third-order valence-corrected chi connectivity index (χ3v) is 3.93. The van der Waals surface area contributed by atoms with E-state index in [1.165, 1.54) is 0 Å². The van der Waals surface area contributed by atoms with E-state index in [4.69, 9.17) is 0 Å². The zero-order valence-electron chi connectivity index (χ0n) is 14.1. The van der Waals surface area contributed by atoms with E-state index in [2.05, 4.69) is 22.9 Å². The Morgan fingerprint density at radius 2 is 1.48 bits per heavy atom. The topological polar surface area (TPSA) is 70.2 Å². The molecule has 2 aromatic carbocycles. The van der Waals surface area contributed by atoms with Crippen LogP contribution < -0.4 is 16.0 Å². The van der Waals surface area contributed by atoms with Crippen molar-refractivity contribution in [1.29, 1.82) is 0 Å². The number of ketones is 1. The maximum absolute atomic E-state index is 12.0. The molecule has 0 aromatic heterocycles. The lowest BCUT2D eigenvalue weighted by Gasteiger charge is -2.19. The van der Waals surface area contributed by atoms with Crippen LogP contribution in [-0.2, 0) is 4.79 Å². The first kappa shape index (κ1) is 16.8. The van der Waals surface area contributed by atoms with Gasteiger partial charge in [-0.2, -0.15) is 0 Å². The Bertz CT molecular complexity index is 782. The van der Waals surface area contributed by atoms with E-state index < -0.39 is 0 Å². The number of anilines is 3. The molecule has 0 spiro atoms. The second-order valence-electron chi connectivity index (χ2n) is 6.30. The summed E-state index contributed by atoms with van der Waals surface area (Å²) in [5.74, 6) is 0.528. The van der Waals surface area contributed by atoms with Crippen molar-refractivity contribution < 1.29 is 9.59 Å². The largest absolute Gasteiger partial charge is 0.359 e. The minimum atomic E-state index is -0.290. The Morgan fingerprint density at radius 1 is 0.880 bits per heavy atom. The molecule has 5 heteroatoms. The van der Waals surface area contributed by atoms with Gasteiger partial charge < -0.3 is 16.0 Å². The summed E-state index contributed by atoms with van der Waals surface area (Å²) in [6, 6.07) is 16.4. The summed E-state index contributed by atoms with van der Waals surface area (Å²) in [4.78, 5) is 23.6. The van der Waals surface area contributed by atoms with Crippen LogP contribution in [0, 0.1) is 5.92 Å². The Hall–Kier alpha value is -3.08. The van der Waals surface area contributed by atoms with Gasteiger partial charge in [0.1, 0.15) is 0 Å². The highest BCUT2D eigenvalue weighted by atomic mass is 16.2. The Kier molecular flexibility index (Phi) is 5.14. The third kappa shape index (κ3) is 4.94. The van der Waals surface area contributed by atoms with Crippen molar-refractivity contribution in [2.75, 3.05) is 16.0 Å². The molecule has 2 amide bonds. The van der Waals surface area contributed by atoms with Crippen molar-refractivity contribution in [3.63, 3.8) is 0 Å². The van der Waals surface area contributed by atoms with E-state index in [1.54, 1.807) is 6.08 Å². The van der Waals surface area contributed by atoms with E-state index in [0.29, 0.717) is 18.0 Å². The van der Waals surface area contributed by atoms with Crippen LogP contribution in [0.2, 0.25) is 0 Å². The summed E-state index contributed by atoms with van der Waals surface area (Å²) < 4.78 is 0. The predicted octanol–water partition coefficient (Wildman–Crippen LogP) is 4.63. The van der Waals surface area contributed by atoms with Gasteiger partial charge in [0.05, 0.1) is 0 Å². The lowest BCUT2D eigenvalue weighted by Crippen LogP contribution is -2.19. The minimum absolute atomic E-state index is 0.164. The zero-order valence-corrected chi connectivity index (χ0v) is 14.1. The number of hydrogen-bond acceptors (Lipinski definition) is 3. The lowest BCUT2D eigenvalue weighted by atomic mass is 9.93. The van der Waals surface area contributed by atoms with Crippen molar-refractivity contribution in [2.45, 2.75) is 19.8 Å². The molecule has 0 aliphatic heterocycles. The van der Waals surface area contributed by atoms with Gasteiger partial charge in [0.25, 0.3) is 0 Å². The summed E-state index contributed by atoms with van der Waals surface area (Å²) >= 11 is 0. The molecule has 1 atom stereocenters. The van der Waals surface area contributed by atoms with Gasteiger partial charge in [0.2, 0.25) is 0 Å². The van der Waals surface area contributed by atoms with Crippen LogP contribution in [-0.4, -0.2) is 11.8 Å². The SMILES string of the molecule is C[C@@H]1CC(=O)C=C(Nc2ccc(NC(=O)Nc3ccccc3)cc2)C1. The predicted molar refractivity (Wildman–Crippen MR) is 101 cm³/mol. The number of benzene rings is 2. The molecule has 2 aromatic rings. The van der Waals surface area contributed by atoms with Gasteiger partial charge in [-0.25, -0.2) is 4.79 Å². The molecule has 3 N–H and O–H groups in total. The smallest absolute Gasteiger partial charge is 0.323 e. The van der Waals surface area contributed by atoms with Crippen LogP contribution in [0.1, 0.15) is 19.8 Å². The Labute approximate surface area is 147 Å². The fraction of sp³-hybridized carbons (Fsp3) is 0.200. The van der Waals surface area contributed by atoms with E-state index in [9.17, 15) is 9.59 Å². The maximum atomic E-state index is 12.0. The first-order valence-electron chi connectivity index (χ1n) is 8.32. The van der Waals surface area contributed by atoms with Crippen molar-refractivity contribution in [1.82, 2.24) is 0 Å². The molecule has 0 bridgehead atoms. The van der Waals surface area contributed by atoms with Crippen molar-refractivity contribution in [3.8, 4) is 0 Å². The van der Waals surface area contributed by atoms with Gasteiger partial charge in [0, 0.05) is 35.3 Å². The molecule has 0 unspecified atom stereocenters. The van der Waals surface area contributed by atoms with E-state index in [0.717, 1.165) is 23.5 Å². The van der Waals surface area contributed by atoms with Crippen molar-refractivity contribution in [3.05, 3.63) is 66.4 Å². The number of allylic oxidation sites excluding steroid dienone is 2. The molecule has 0 saturated carbocycles. The van der Waals surface area contributed by atoms with Gasteiger partial charge in [-0.05, 0) is 48.7 Å². The van der Waals surface area contributed by atoms with Crippen LogP contribution >= 0.6 is 0 Å². The molecule has 25 heavy (non-hydrogen) atoms. The summed E-state index contributed by atoms with van der Waals surface area (Å²) in [5.41, 5.74) is 3.26. The van der Waals surface area contributed by atoms with Gasteiger partial charge in [0.15, 0.2) is 5.78 Å². The average molecular weight is 335 g/mol. The molecule has 0 radical (unpaired) electrons.